The Morgan fingerprint density at radius 2 is 2.06 bits per heavy atom. The van der Waals surface area contributed by atoms with E-state index in [2.05, 4.69) is 29.4 Å². The minimum atomic E-state index is 0.582. The molecule has 0 spiro atoms. The van der Waals surface area contributed by atoms with Crippen LogP contribution in [0.25, 0.3) is 0 Å². The van der Waals surface area contributed by atoms with Crippen LogP contribution in [-0.2, 0) is 6.54 Å². The van der Waals surface area contributed by atoms with Gasteiger partial charge in [-0.25, -0.2) is 0 Å². The van der Waals surface area contributed by atoms with Crippen molar-refractivity contribution in [3.05, 3.63) is 34.3 Å². The zero-order valence-corrected chi connectivity index (χ0v) is 11.0. The van der Waals surface area contributed by atoms with Crippen LogP contribution in [0.15, 0.2) is 18.2 Å². The van der Waals surface area contributed by atoms with Gasteiger partial charge in [0, 0.05) is 6.54 Å². The van der Waals surface area contributed by atoms with Gasteiger partial charge < -0.3 is 10.1 Å². The molecule has 0 saturated heterocycles. The Kier molecular flexibility index (Phi) is 3.71. The van der Waals surface area contributed by atoms with Gasteiger partial charge in [-0.15, -0.1) is 5.10 Å². The van der Waals surface area contributed by atoms with Crippen molar-refractivity contribution in [2.75, 3.05) is 7.05 Å². The van der Waals surface area contributed by atoms with Gasteiger partial charge in [-0.3, -0.25) is 0 Å². The van der Waals surface area contributed by atoms with Crippen LogP contribution in [0.5, 0.6) is 10.9 Å². The van der Waals surface area contributed by atoms with Gasteiger partial charge in [-0.1, -0.05) is 22.5 Å². The van der Waals surface area contributed by atoms with E-state index in [1.54, 1.807) is 0 Å². The zero-order valence-electron chi connectivity index (χ0n) is 10.2. The van der Waals surface area contributed by atoms with Crippen molar-refractivity contribution < 1.29 is 4.74 Å². The van der Waals surface area contributed by atoms with Crippen molar-refractivity contribution in [2.24, 2.45) is 0 Å². The highest BCUT2D eigenvalue weighted by Gasteiger charge is 2.06. The molecule has 2 aromatic rings. The summed E-state index contributed by atoms with van der Waals surface area (Å²) in [5, 5.41) is 12.5. The molecule has 0 amide bonds. The number of aromatic nitrogens is 2. The number of aryl methyl sites for hydroxylation is 2. The summed E-state index contributed by atoms with van der Waals surface area (Å²) in [6.45, 7) is 4.86. The van der Waals surface area contributed by atoms with Crippen LogP contribution in [0.4, 0.5) is 0 Å². The number of hydrogen-bond acceptors (Lipinski definition) is 5. The highest BCUT2D eigenvalue weighted by Crippen LogP contribution is 2.26. The summed E-state index contributed by atoms with van der Waals surface area (Å²) in [6.07, 6.45) is 0. The topological polar surface area (TPSA) is 47.0 Å². The number of benzene rings is 1. The number of nitrogens with zero attached hydrogens (tertiary/aromatic N) is 2. The molecule has 0 aliphatic rings. The zero-order chi connectivity index (χ0) is 12.3. The van der Waals surface area contributed by atoms with E-state index < -0.39 is 0 Å². The van der Waals surface area contributed by atoms with Gasteiger partial charge in [0.15, 0.2) is 0 Å². The minimum absolute atomic E-state index is 0.582. The van der Waals surface area contributed by atoms with Crippen molar-refractivity contribution >= 4 is 11.3 Å². The first-order chi connectivity index (χ1) is 8.19. The van der Waals surface area contributed by atoms with E-state index in [0.29, 0.717) is 11.7 Å². The Morgan fingerprint density at radius 3 is 2.76 bits per heavy atom. The maximum atomic E-state index is 5.66. The first kappa shape index (κ1) is 12.0. The largest absolute Gasteiger partial charge is 0.430 e. The van der Waals surface area contributed by atoms with Crippen molar-refractivity contribution in [2.45, 2.75) is 20.4 Å². The smallest absolute Gasteiger partial charge is 0.299 e. The fourth-order valence-electron chi connectivity index (χ4n) is 1.38. The Labute approximate surface area is 105 Å². The number of ether oxygens (including phenoxy) is 1. The average Bonchev–Trinajstić information content (AvgIpc) is 2.72. The lowest BCUT2D eigenvalue weighted by atomic mass is 10.1. The van der Waals surface area contributed by atoms with Crippen LogP contribution in [0.1, 0.15) is 16.1 Å². The maximum absolute atomic E-state index is 5.66. The van der Waals surface area contributed by atoms with Gasteiger partial charge in [-0.05, 0) is 44.2 Å². The standard InChI is InChI=1S/C12H15N3OS/c1-8-4-5-10(6-9(8)2)16-12-15-14-11(17-12)7-13-3/h4-6,13H,7H2,1-3H3. The summed E-state index contributed by atoms with van der Waals surface area (Å²) in [4.78, 5) is 0. The fraction of sp³-hybridized carbons (Fsp3) is 0.333. The van der Waals surface area contributed by atoms with E-state index in [1.165, 1.54) is 22.5 Å². The van der Waals surface area contributed by atoms with Crippen LogP contribution in [0, 0.1) is 13.8 Å². The van der Waals surface area contributed by atoms with E-state index in [-0.39, 0.29) is 0 Å². The summed E-state index contributed by atoms with van der Waals surface area (Å²) in [5.41, 5.74) is 2.47. The third-order valence-electron chi connectivity index (χ3n) is 2.46. The maximum Gasteiger partial charge on any atom is 0.299 e. The summed E-state index contributed by atoms with van der Waals surface area (Å²) in [6, 6.07) is 6.00. The Bertz CT molecular complexity index is 510. The predicted octanol–water partition coefficient (Wildman–Crippen LogP) is 2.67. The van der Waals surface area contributed by atoms with Gasteiger partial charge in [0.25, 0.3) is 5.19 Å². The van der Waals surface area contributed by atoms with Gasteiger partial charge in [0.05, 0.1) is 0 Å². The van der Waals surface area contributed by atoms with E-state index in [1.807, 2.05) is 25.2 Å². The molecule has 0 aliphatic carbocycles. The molecular formula is C12H15N3OS. The monoisotopic (exact) mass is 249 g/mol. The number of rotatable bonds is 4. The molecule has 0 aliphatic heterocycles. The lowest BCUT2D eigenvalue weighted by Gasteiger charge is -2.04. The van der Waals surface area contributed by atoms with E-state index >= 15 is 0 Å². The van der Waals surface area contributed by atoms with Gasteiger partial charge in [-0.2, -0.15) is 0 Å². The van der Waals surface area contributed by atoms with Crippen molar-refractivity contribution in [1.29, 1.82) is 0 Å². The highest BCUT2D eigenvalue weighted by atomic mass is 32.1. The SMILES string of the molecule is CNCc1nnc(Oc2ccc(C)c(C)c2)s1. The molecule has 5 heteroatoms. The number of hydrogen-bond donors (Lipinski definition) is 1. The molecule has 0 saturated carbocycles. The Hall–Kier alpha value is -1.46. The van der Waals surface area contributed by atoms with Crippen molar-refractivity contribution in [3.8, 4) is 10.9 Å². The first-order valence-electron chi connectivity index (χ1n) is 5.41. The molecular weight excluding hydrogens is 234 g/mol. The van der Waals surface area contributed by atoms with Crippen LogP contribution >= 0.6 is 11.3 Å². The lowest BCUT2D eigenvalue weighted by molar-refractivity contribution is 0.472. The third-order valence-corrected chi connectivity index (χ3v) is 3.26. The molecule has 1 aromatic heterocycles. The average molecular weight is 249 g/mol. The van der Waals surface area contributed by atoms with Crippen molar-refractivity contribution in [3.63, 3.8) is 0 Å². The molecule has 2 rings (SSSR count). The molecule has 17 heavy (non-hydrogen) atoms. The van der Waals surface area contributed by atoms with Crippen LogP contribution in [0.2, 0.25) is 0 Å². The molecule has 0 radical (unpaired) electrons. The van der Waals surface area contributed by atoms with E-state index in [9.17, 15) is 0 Å². The molecule has 1 N–H and O–H groups in total. The quantitative estimate of drug-likeness (QED) is 0.905. The molecule has 90 valence electrons. The molecule has 0 fully saturated rings. The highest BCUT2D eigenvalue weighted by molar-refractivity contribution is 7.13. The van der Waals surface area contributed by atoms with Crippen LogP contribution in [0.3, 0.4) is 0 Å². The van der Waals surface area contributed by atoms with Gasteiger partial charge in [0.2, 0.25) is 0 Å². The summed E-state index contributed by atoms with van der Waals surface area (Å²) in [5.74, 6) is 0.806. The summed E-state index contributed by atoms with van der Waals surface area (Å²) >= 11 is 1.46. The molecule has 4 nitrogen and oxygen atoms in total. The predicted molar refractivity (Wildman–Crippen MR) is 68.7 cm³/mol. The number of nitrogens with one attached hydrogen (secondary N) is 1. The van der Waals surface area contributed by atoms with Crippen molar-refractivity contribution in [1.82, 2.24) is 15.5 Å². The third kappa shape index (κ3) is 3.01. The second kappa shape index (κ2) is 5.25. The molecule has 1 aromatic carbocycles. The molecule has 0 atom stereocenters. The second-order valence-electron chi connectivity index (χ2n) is 3.84. The first-order valence-corrected chi connectivity index (χ1v) is 6.23. The Morgan fingerprint density at radius 1 is 1.24 bits per heavy atom. The second-order valence-corrected chi connectivity index (χ2v) is 4.86. The lowest BCUT2D eigenvalue weighted by Crippen LogP contribution is -2.04. The van der Waals surface area contributed by atoms with E-state index in [0.717, 1.165) is 10.8 Å². The summed E-state index contributed by atoms with van der Waals surface area (Å²) < 4.78 is 5.66. The molecule has 0 bridgehead atoms. The van der Waals surface area contributed by atoms with Gasteiger partial charge in [0.1, 0.15) is 10.8 Å². The summed E-state index contributed by atoms with van der Waals surface area (Å²) in [7, 11) is 1.88. The van der Waals surface area contributed by atoms with E-state index in [4.69, 9.17) is 4.74 Å². The van der Waals surface area contributed by atoms with Gasteiger partial charge >= 0.3 is 0 Å². The Balaban J connectivity index is 2.11. The normalized spacial score (nSPS) is 10.5. The van der Waals surface area contributed by atoms with Crippen LogP contribution in [-0.4, -0.2) is 17.2 Å². The fourth-order valence-corrected chi connectivity index (χ4v) is 2.10. The minimum Gasteiger partial charge on any atom is -0.430 e. The molecule has 1 heterocycles. The molecule has 0 unspecified atom stereocenters. The van der Waals surface area contributed by atoms with Crippen LogP contribution < -0.4 is 10.1 Å².